The molecule has 0 atom stereocenters. The average Bonchev–Trinajstić information content (AvgIpc) is 3.07. The van der Waals surface area contributed by atoms with E-state index < -0.39 is 15.8 Å². The maximum atomic E-state index is 13.9. The monoisotopic (exact) mass is 491 g/mol. The summed E-state index contributed by atoms with van der Waals surface area (Å²) in [5, 5.41) is 4.35. The molecular formula is C23H26FN3O2S3. The van der Waals surface area contributed by atoms with E-state index >= 15 is 0 Å². The van der Waals surface area contributed by atoms with Crippen LogP contribution < -0.4 is 10.0 Å². The molecule has 0 bridgehead atoms. The fourth-order valence-corrected chi connectivity index (χ4v) is 7.23. The molecule has 2 N–H and O–H groups in total. The van der Waals surface area contributed by atoms with Crippen molar-refractivity contribution in [1.82, 2.24) is 9.71 Å². The molecular weight excluding hydrogens is 465 g/mol. The molecule has 1 aromatic heterocycles. The second-order valence-corrected chi connectivity index (χ2v) is 11.6. The molecule has 0 saturated heterocycles. The van der Waals surface area contributed by atoms with Crippen molar-refractivity contribution >= 4 is 38.3 Å². The van der Waals surface area contributed by atoms with Crippen LogP contribution in [-0.4, -0.2) is 32.2 Å². The molecule has 4 rings (SSSR count). The molecule has 1 aliphatic rings. The molecule has 0 amide bonds. The van der Waals surface area contributed by atoms with E-state index in [1.807, 2.05) is 11.8 Å². The van der Waals surface area contributed by atoms with E-state index in [1.54, 1.807) is 24.3 Å². The molecule has 0 unspecified atom stereocenters. The summed E-state index contributed by atoms with van der Waals surface area (Å²) >= 11 is 3.61. The van der Waals surface area contributed by atoms with Crippen LogP contribution in [0.5, 0.6) is 0 Å². The molecule has 5 nitrogen and oxygen atoms in total. The van der Waals surface area contributed by atoms with E-state index in [4.69, 9.17) is 4.98 Å². The van der Waals surface area contributed by atoms with Gasteiger partial charge in [-0.1, -0.05) is 36.8 Å². The quantitative estimate of drug-likeness (QED) is 0.389. The van der Waals surface area contributed by atoms with Crippen LogP contribution in [0.1, 0.15) is 29.7 Å². The number of nitrogens with zero attached hydrogens (tertiary/aromatic N) is 1. The molecule has 0 radical (unpaired) electrons. The maximum absolute atomic E-state index is 13.9. The highest BCUT2D eigenvalue weighted by Crippen LogP contribution is 2.40. The van der Waals surface area contributed by atoms with Gasteiger partial charge in [0.05, 0.1) is 5.69 Å². The predicted octanol–water partition coefficient (Wildman–Crippen LogP) is 5.47. The van der Waals surface area contributed by atoms with Crippen LogP contribution in [0.25, 0.3) is 11.3 Å². The van der Waals surface area contributed by atoms with Crippen LogP contribution in [-0.2, 0) is 16.4 Å². The highest BCUT2D eigenvalue weighted by atomic mass is 32.2. The first-order valence-electron chi connectivity index (χ1n) is 10.7. The third-order valence-corrected chi connectivity index (χ3v) is 9.07. The van der Waals surface area contributed by atoms with Crippen LogP contribution in [0.3, 0.4) is 0 Å². The lowest BCUT2D eigenvalue weighted by Gasteiger charge is -2.10. The third kappa shape index (κ3) is 5.33. The van der Waals surface area contributed by atoms with E-state index in [2.05, 4.69) is 34.3 Å². The largest absolute Gasteiger partial charge is 0.361 e. The first kappa shape index (κ1) is 23.2. The van der Waals surface area contributed by atoms with Gasteiger partial charge in [0.15, 0.2) is 5.13 Å². The fraction of sp³-hybridized carbons (Fsp3) is 0.348. The molecule has 1 aliphatic heterocycles. The number of thiazole rings is 1. The Kier molecular flexibility index (Phi) is 7.50. The molecule has 3 aromatic rings. The summed E-state index contributed by atoms with van der Waals surface area (Å²) in [6.07, 6.45) is 3.47. The van der Waals surface area contributed by atoms with Crippen LogP contribution in [0.4, 0.5) is 9.52 Å². The van der Waals surface area contributed by atoms with Crippen molar-refractivity contribution in [3.05, 3.63) is 58.7 Å². The number of hydrogen-bond donors (Lipinski definition) is 2. The minimum atomic E-state index is -3.84. The van der Waals surface area contributed by atoms with Gasteiger partial charge < -0.3 is 5.32 Å². The normalized spacial score (nSPS) is 13.3. The molecule has 2 aromatic carbocycles. The van der Waals surface area contributed by atoms with Crippen molar-refractivity contribution in [2.45, 2.75) is 42.4 Å². The summed E-state index contributed by atoms with van der Waals surface area (Å²) < 4.78 is 41.2. The second-order valence-electron chi connectivity index (χ2n) is 7.66. The summed E-state index contributed by atoms with van der Waals surface area (Å²) in [6, 6.07) is 12.7. The number of unbranched alkanes of at least 4 members (excludes halogenated alkanes) is 2. The van der Waals surface area contributed by atoms with Crippen molar-refractivity contribution in [2.75, 3.05) is 24.2 Å². The zero-order chi connectivity index (χ0) is 22.6. The fourth-order valence-electron chi connectivity index (χ4n) is 3.71. The van der Waals surface area contributed by atoms with Crippen molar-refractivity contribution in [3.8, 4) is 11.3 Å². The van der Waals surface area contributed by atoms with Gasteiger partial charge in [-0.3, -0.25) is 0 Å². The van der Waals surface area contributed by atoms with Gasteiger partial charge in [0.25, 0.3) is 0 Å². The predicted molar refractivity (Wildman–Crippen MR) is 131 cm³/mol. The number of benzene rings is 2. The SMILES string of the molecule is Cc1cccc(F)c1S(=O)(=O)NCCCCCNc1nc2c(s1)CCSc1ccccc1-2. The van der Waals surface area contributed by atoms with E-state index in [1.165, 1.54) is 27.5 Å². The highest BCUT2D eigenvalue weighted by molar-refractivity contribution is 7.99. The zero-order valence-corrected chi connectivity index (χ0v) is 20.3. The third-order valence-electron chi connectivity index (χ3n) is 5.28. The second kappa shape index (κ2) is 10.3. The molecule has 2 heterocycles. The van der Waals surface area contributed by atoms with E-state index in [0.717, 1.165) is 42.4 Å². The van der Waals surface area contributed by atoms with Gasteiger partial charge in [-0.2, -0.15) is 0 Å². The van der Waals surface area contributed by atoms with E-state index in [0.29, 0.717) is 12.0 Å². The average molecular weight is 492 g/mol. The Labute approximate surface area is 196 Å². The summed E-state index contributed by atoms with van der Waals surface area (Å²) in [6.45, 7) is 2.66. The van der Waals surface area contributed by atoms with E-state index in [9.17, 15) is 12.8 Å². The number of halogens is 1. The molecule has 0 aliphatic carbocycles. The lowest BCUT2D eigenvalue weighted by molar-refractivity contribution is 0.551. The number of thioether (sulfide) groups is 1. The lowest BCUT2D eigenvalue weighted by Crippen LogP contribution is -2.26. The van der Waals surface area contributed by atoms with Crippen molar-refractivity contribution in [1.29, 1.82) is 0 Å². The van der Waals surface area contributed by atoms with E-state index in [-0.39, 0.29) is 11.4 Å². The highest BCUT2D eigenvalue weighted by Gasteiger charge is 2.21. The first-order valence-corrected chi connectivity index (χ1v) is 13.9. The smallest absolute Gasteiger partial charge is 0.243 e. The van der Waals surface area contributed by atoms with Crippen LogP contribution >= 0.6 is 23.1 Å². The molecule has 0 saturated carbocycles. The lowest BCUT2D eigenvalue weighted by atomic mass is 10.1. The first-order chi connectivity index (χ1) is 15.5. The molecule has 32 heavy (non-hydrogen) atoms. The summed E-state index contributed by atoms with van der Waals surface area (Å²) in [7, 11) is -3.84. The minimum Gasteiger partial charge on any atom is -0.361 e. The molecule has 0 spiro atoms. The Balaban J connectivity index is 1.23. The number of sulfonamides is 1. The number of nitrogens with one attached hydrogen (secondary N) is 2. The van der Waals surface area contributed by atoms with Gasteiger partial charge in [0.1, 0.15) is 10.7 Å². The molecule has 0 fully saturated rings. The van der Waals surface area contributed by atoms with Crippen molar-refractivity contribution < 1.29 is 12.8 Å². The van der Waals surface area contributed by atoms with Gasteiger partial charge in [-0.25, -0.2) is 22.5 Å². The summed E-state index contributed by atoms with van der Waals surface area (Å²) in [5.41, 5.74) is 2.72. The van der Waals surface area contributed by atoms with Crippen LogP contribution in [0.15, 0.2) is 52.3 Å². The van der Waals surface area contributed by atoms with Gasteiger partial charge in [-0.05, 0) is 43.9 Å². The van der Waals surface area contributed by atoms with Crippen LogP contribution in [0.2, 0.25) is 0 Å². The topological polar surface area (TPSA) is 71.1 Å². The Morgan fingerprint density at radius 1 is 1.06 bits per heavy atom. The number of rotatable bonds is 9. The minimum absolute atomic E-state index is 0.259. The summed E-state index contributed by atoms with van der Waals surface area (Å²) in [4.78, 5) is 7.19. The van der Waals surface area contributed by atoms with Gasteiger partial charge >= 0.3 is 0 Å². The molecule has 9 heteroatoms. The van der Waals surface area contributed by atoms with Gasteiger partial charge in [0, 0.05) is 34.2 Å². The van der Waals surface area contributed by atoms with Crippen LogP contribution in [0, 0.1) is 12.7 Å². The number of hydrogen-bond acceptors (Lipinski definition) is 6. The van der Waals surface area contributed by atoms with Gasteiger partial charge in [0.2, 0.25) is 10.0 Å². The standard InChI is InChI=1S/C23H26FN3O2S3/c1-16-8-7-10-18(24)22(16)32(28,29)26-14-6-2-5-13-25-23-27-21-17-9-3-4-11-19(17)30-15-12-20(21)31-23/h3-4,7-11,26H,2,5-6,12-15H2,1H3,(H,25,27). The Bertz CT molecular complexity index is 1170. The Hall–Kier alpha value is -1.94. The number of anilines is 1. The van der Waals surface area contributed by atoms with Crippen molar-refractivity contribution in [2.24, 2.45) is 0 Å². The maximum Gasteiger partial charge on any atom is 0.243 e. The van der Waals surface area contributed by atoms with Gasteiger partial charge in [-0.15, -0.1) is 23.1 Å². The van der Waals surface area contributed by atoms with Crippen molar-refractivity contribution in [3.63, 3.8) is 0 Å². The molecule has 170 valence electrons. The zero-order valence-electron chi connectivity index (χ0n) is 17.9. The number of aromatic nitrogens is 1. The Morgan fingerprint density at radius 2 is 1.88 bits per heavy atom. The Morgan fingerprint density at radius 3 is 2.72 bits per heavy atom. The number of aryl methyl sites for hydroxylation is 2. The summed E-state index contributed by atoms with van der Waals surface area (Å²) in [5.74, 6) is 0.346. The number of fused-ring (bicyclic) bond motifs is 3.